The number of aliphatic hydroxyl groups is 1. The van der Waals surface area contributed by atoms with Crippen molar-refractivity contribution in [1.29, 1.82) is 0 Å². The van der Waals surface area contributed by atoms with Gasteiger partial charge in [0.05, 0.1) is 23.7 Å². The first-order valence-electron chi connectivity index (χ1n) is 16.2. The number of aliphatic hydroxyl groups excluding tert-OH is 1. The number of ether oxygens (including phenoxy) is 2. The first kappa shape index (κ1) is 35.5. The van der Waals surface area contributed by atoms with E-state index in [9.17, 15) is 18.3 Å². The molecule has 1 aromatic heterocycles. The molecule has 2 heterocycles. The lowest BCUT2D eigenvalue weighted by molar-refractivity contribution is -0.245. The Morgan fingerprint density at radius 1 is 0.920 bits per heavy atom. The Morgan fingerprint density at radius 2 is 1.62 bits per heavy atom. The Labute approximate surface area is 295 Å². The van der Waals surface area contributed by atoms with Gasteiger partial charge in [-0.2, -0.15) is 9.82 Å². The molecule has 0 bridgehead atoms. The van der Waals surface area contributed by atoms with Crippen LogP contribution in [-0.2, 0) is 43.9 Å². The molecule has 0 aliphatic carbocycles. The summed E-state index contributed by atoms with van der Waals surface area (Å²) in [4.78, 5) is 17.8. The third-order valence-corrected chi connectivity index (χ3v) is 10.9. The highest BCUT2D eigenvalue weighted by Crippen LogP contribution is 2.39. The number of amides is 1. The van der Waals surface area contributed by atoms with Crippen molar-refractivity contribution in [3.05, 3.63) is 143 Å². The van der Waals surface area contributed by atoms with E-state index in [0.717, 1.165) is 33.4 Å². The zero-order valence-electron chi connectivity index (χ0n) is 27.4. The van der Waals surface area contributed by atoms with Gasteiger partial charge in [-0.15, -0.1) is 0 Å². The Bertz CT molecular complexity index is 1930. The maximum absolute atomic E-state index is 13.5. The molecule has 50 heavy (non-hydrogen) atoms. The van der Waals surface area contributed by atoms with Crippen LogP contribution in [0.2, 0.25) is 0 Å². The molecular weight excluding hydrogens is 675 g/mol. The molecule has 4 unspecified atom stereocenters. The van der Waals surface area contributed by atoms with E-state index in [1.807, 2.05) is 85.8 Å². The van der Waals surface area contributed by atoms with Gasteiger partial charge in [-0.1, -0.05) is 108 Å². The van der Waals surface area contributed by atoms with Crippen LogP contribution in [0.25, 0.3) is 0 Å². The van der Waals surface area contributed by atoms with Crippen molar-refractivity contribution in [2.75, 3.05) is 5.75 Å². The van der Waals surface area contributed by atoms with Crippen LogP contribution in [0.5, 0.6) is 0 Å². The van der Waals surface area contributed by atoms with Gasteiger partial charge in [0.25, 0.3) is 0 Å². The molecule has 1 amide bonds. The molecule has 4 aromatic carbocycles. The summed E-state index contributed by atoms with van der Waals surface area (Å²) in [5.74, 6) is 0.206. The van der Waals surface area contributed by atoms with E-state index in [0.29, 0.717) is 17.3 Å². The van der Waals surface area contributed by atoms with Crippen molar-refractivity contribution in [1.82, 2.24) is 25.2 Å². The summed E-state index contributed by atoms with van der Waals surface area (Å²) in [6.07, 6.45) is 1.28. The Balaban J connectivity index is 1.13. The highest BCUT2D eigenvalue weighted by molar-refractivity contribution is 7.99. The second kappa shape index (κ2) is 16.6. The van der Waals surface area contributed by atoms with Crippen molar-refractivity contribution in [3.8, 4) is 0 Å². The first-order chi connectivity index (χ1) is 24.3. The number of carbonyl (C=O) groups is 1. The lowest BCUT2D eigenvalue weighted by Gasteiger charge is -2.36. The molecule has 4 N–H and O–H groups in total. The number of carbonyl (C=O) groups excluding carboxylic acids is 1. The van der Waals surface area contributed by atoms with Gasteiger partial charge in [0, 0.05) is 24.3 Å². The van der Waals surface area contributed by atoms with Gasteiger partial charge in [-0.3, -0.25) is 9.89 Å². The molecule has 1 aliphatic rings. The number of hydrogen-bond donors (Lipinski definition) is 4. The lowest BCUT2D eigenvalue weighted by atomic mass is 10.0. The van der Waals surface area contributed by atoms with Crippen molar-refractivity contribution < 1.29 is 27.8 Å². The molecule has 13 heteroatoms. The molecule has 0 radical (unpaired) electrons. The molecule has 1 aliphatic heterocycles. The number of hydrogen-bond acceptors (Lipinski definition) is 9. The predicted octanol–water partition coefficient (Wildman–Crippen LogP) is 5.15. The monoisotopic (exact) mass is 713 g/mol. The number of H-pyrrole nitrogens is 1. The van der Waals surface area contributed by atoms with Crippen molar-refractivity contribution in [3.63, 3.8) is 0 Å². The largest absolute Gasteiger partial charge is 0.392 e. The van der Waals surface area contributed by atoms with Crippen LogP contribution in [0.4, 0.5) is 0 Å². The van der Waals surface area contributed by atoms with Crippen LogP contribution in [0.1, 0.15) is 52.2 Å². The normalized spacial score (nSPS) is 18.4. The molecule has 1 fully saturated rings. The van der Waals surface area contributed by atoms with Crippen LogP contribution < -0.4 is 10.0 Å². The summed E-state index contributed by atoms with van der Waals surface area (Å²) in [6, 6.07) is 30.1. The van der Waals surface area contributed by atoms with E-state index in [4.69, 9.17) is 9.47 Å². The number of aromatic nitrogens is 3. The molecule has 5 aromatic rings. The van der Waals surface area contributed by atoms with Crippen molar-refractivity contribution >= 4 is 27.7 Å². The molecule has 260 valence electrons. The number of aromatic amines is 1. The Hall–Kier alpha value is -4.37. The second-order valence-corrected chi connectivity index (χ2v) is 14.8. The zero-order chi connectivity index (χ0) is 34.9. The summed E-state index contributed by atoms with van der Waals surface area (Å²) in [5, 5.41) is 19.9. The molecule has 0 spiro atoms. The minimum absolute atomic E-state index is 0.0302. The van der Waals surface area contributed by atoms with E-state index in [-0.39, 0.29) is 36.7 Å². The van der Waals surface area contributed by atoms with Gasteiger partial charge in [0.1, 0.15) is 12.4 Å². The lowest BCUT2D eigenvalue weighted by Crippen LogP contribution is -2.47. The molecule has 0 saturated carbocycles. The van der Waals surface area contributed by atoms with Crippen molar-refractivity contribution in [2.45, 2.75) is 67.5 Å². The van der Waals surface area contributed by atoms with Crippen LogP contribution in [0.3, 0.4) is 0 Å². The summed E-state index contributed by atoms with van der Waals surface area (Å²) in [7, 11) is -3.95. The average molecular weight is 714 g/mol. The third-order valence-electron chi connectivity index (χ3n) is 8.36. The van der Waals surface area contributed by atoms with E-state index < -0.39 is 28.3 Å². The highest BCUT2D eigenvalue weighted by atomic mass is 32.2. The third kappa shape index (κ3) is 9.44. The average Bonchev–Trinajstić information content (AvgIpc) is 3.67. The van der Waals surface area contributed by atoms with Crippen LogP contribution in [0.15, 0.2) is 120 Å². The standard InChI is InChI=1S/C37H39N5O6S2/c1-25-7-17-32(18-8-25)50(45,46)42-33(19-26-5-3-2-4-6-26)35(44)38-21-27-9-15-30(16-10-27)36-47-31(23-49-37-39-24-40-41-37)20-34(48-36)29-13-11-28(22-43)12-14-29/h2-18,24,31,33-34,36,42-43H,19-23H2,1H3,(H,38,44)(H,39,40,41). The smallest absolute Gasteiger partial charge is 0.241 e. The van der Waals surface area contributed by atoms with Gasteiger partial charge in [0.2, 0.25) is 15.9 Å². The zero-order valence-corrected chi connectivity index (χ0v) is 29.1. The maximum Gasteiger partial charge on any atom is 0.241 e. The van der Waals surface area contributed by atoms with Crippen LogP contribution >= 0.6 is 11.8 Å². The summed E-state index contributed by atoms with van der Waals surface area (Å²) < 4.78 is 42.0. The minimum Gasteiger partial charge on any atom is -0.392 e. The van der Waals surface area contributed by atoms with E-state index >= 15 is 0 Å². The van der Waals surface area contributed by atoms with Gasteiger partial charge >= 0.3 is 0 Å². The fourth-order valence-corrected chi connectivity index (χ4v) is 7.57. The number of nitrogens with one attached hydrogen (secondary N) is 3. The highest BCUT2D eigenvalue weighted by Gasteiger charge is 2.32. The number of thioether (sulfide) groups is 1. The SMILES string of the molecule is Cc1ccc(S(=O)(=O)NC(Cc2ccccc2)C(=O)NCc2ccc(C3OC(CSc4ncn[nH]4)CC(c4ccc(CO)cc4)O3)cc2)cc1. The van der Waals surface area contributed by atoms with Gasteiger partial charge in [-0.05, 0) is 47.7 Å². The Kier molecular flexibility index (Phi) is 11.7. The summed E-state index contributed by atoms with van der Waals surface area (Å²) >= 11 is 1.53. The molecule has 11 nitrogen and oxygen atoms in total. The minimum atomic E-state index is -3.95. The number of benzene rings is 4. The van der Waals surface area contributed by atoms with Gasteiger partial charge < -0.3 is 19.9 Å². The number of nitrogens with zero attached hydrogens (tertiary/aromatic N) is 2. The van der Waals surface area contributed by atoms with Crippen LogP contribution in [0, 0.1) is 6.92 Å². The maximum atomic E-state index is 13.5. The quantitative estimate of drug-likeness (QED) is 0.114. The fraction of sp³-hybridized carbons (Fsp3) is 0.270. The topological polar surface area (TPSA) is 156 Å². The Morgan fingerprint density at radius 3 is 2.30 bits per heavy atom. The number of sulfonamides is 1. The molecule has 1 saturated heterocycles. The first-order valence-corrected chi connectivity index (χ1v) is 18.7. The van der Waals surface area contributed by atoms with Gasteiger partial charge in [0.15, 0.2) is 11.4 Å². The van der Waals surface area contributed by atoms with E-state index in [1.54, 1.807) is 12.1 Å². The van der Waals surface area contributed by atoms with Gasteiger partial charge in [-0.25, -0.2) is 13.4 Å². The van der Waals surface area contributed by atoms with E-state index in [2.05, 4.69) is 25.2 Å². The van der Waals surface area contributed by atoms with Crippen LogP contribution in [-0.4, -0.2) is 52.5 Å². The second-order valence-electron chi connectivity index (χ2n) is 12.1. The number of rotatable bonds is 14. The number of aryl methyl sites for hydroxylation is 1. The molecule has 4 atom stereocenters. The molecular formula is C37H39N5O6S2. The van der Waals surface area contributed by atoms with Crippen molar-refractivity contribution in [2.24, 2.45) is 0 Å². The summed E-state index contributed by atoms with van der Waals surface area (Å²) in [5.41, 5.74) is 5.23. The molecule has 6 rings (SSSR count). The summed E-state index contributed by atoms with van der Waals surface area (Å²) in [6.45, 7) is 2.04. The van der Waals surface area contributed by atoms with E-state index in [1.165, 1.54) is 30.2 Å². The predicted molar refractivity (Wildman–Crippen MR) is 189 cm³/mol. The fourth-order valence-electron chi connectivity index (χ4n) is 5.57.